The summed E-state index contributed by atoms with van der Waals surface area (Å²) in [6.07, 6.45) is 78.3. The van der Waals surface area contributed by atoms with Gasteiger partial charge >= 0.3 is 5.97 Å². The fourth-order valence-electron chi connectivity index (χ4n) is 9.23. The Kier molecular flexibility index (Phi) is 58.1. The molecular formula is C65H119NO5. The highest BCUT2D eigenvalue weighted by Crippen LogP contribution is 2.17. The molecule has 6 heteroatoms. The van der Waals surface area contributed by atoms with Crippen molar-refractivity contribution in [3.63, 3.8) is 0 Å². The zero-order valence-electron chi connectivity index (χ0n) is 47.2. The minimum Gasteiger partial charge on any atom is -0.466 e. The van der Waals surface area contributed by atoms with E-state index in [9.17, 15) is 19.8 Å². The van der Waals surface area contributed by atoms with Crippen LogP contribution in [0.4, 0.5) is 0 Å². The van der Waals surface area contributed by atoms with E-state index in [1.807, 2.05) is 6.08 Å². The Morgan fingerprint density at radius 2 is 0.761 bits per heavy atom. The maximum Gasteiger partial charge on any atom is 0.305 e. The lowest BCUT2D eigenvalue weighted by atomic mass is 10.0. The predicted octanol–water partition coefficient (Wildman–Crippen LogP) is 19.5. The molecule has 0 spiro atoms. The van der Waals surface area contributed by atoms with Gasteiger partial charge in [0, 0.05) is 12.8 Å². The monoisotopic (exact) mass is 994 g/mol. The van der Waals surface area contributed by atoms with Crippen molar-refractivity contribution in [2.24, 2.45) is 0 Å². The lowest BCUT2D eigenvalue weighted by Crippen LogP contribution is -2.45. The number of hydrogen-bond donors (Lipinski definition) is 3. The molecule has 3 N–H and O–H groups in total. The van der Waals surface area contributed by atoms with Crippen molar-refractivity contribution < 1.29 is 24.5 Å². The smallest absolute Gasteiger partial charge is 0.305 e. The van der Waals surface area contributed by atoms with E-state index in [1.165, 1.54) is 199 Å². The largest absolute Gasteiger partial charge is 0.466 e. The molecule has 2 unspecified atom stereocenters. The van der Waals surface area contributed by atoms with E-state index in [4.69, 9.17) is 4.74 Å². The molecule has 0 saturated heterocycles. The summed E-state index contributed by atoms with van der Waals surface area (Å²) in [5, 5.41) is 23.2. The van der Waals surface area contributed by atoms with Gasteiger partial charge in [-0.3, -0.25) is 9.59 Å². The lowest BCUT2D eigenvalue weighted by molar-refractivity contribution is -0.143. The molecule has 0 aromatic rings. The third-order valence-corrected chi connectivity index (χ3v) is 14.0. The number of rotatable bonds is 57. The lowest BCUT2D eigenvalue weighted by Gasteiger charge is -2.20. The van der Waals surface area contributed by atoms with E-state index in [1.54, 1.807) is 6.08 Å². The average molecular weight is 995 g/mol. The molecule has 0 bridgehead atoms. The van der Waals surface area contributed by atoms with Crippen LogP contribution in [-0.4, -0.2) is 47.4 Å². The van der Waals surface area contributed by atoms with Crippen LogP contribution < -0.4 is 5.32 Å². The normalized spacial score (nSPS) is 13.0. The van der Waals surface area contributed by atoms with Gasteiger partial charge in [-0.1, -0.05) is 274 Å². The van der Waals surface area contributed by atoms with Crippen molar-refractivity contribution >= 4 is 11.9 Å². The molecule has 0 aliphatic heterocycles. The van der Waals surface area contributed by atoms with Crippen LogP contribution in [0.15, 0.2) is 60.8 Å². The number of aliphatic hydroxyl groups is 2. The number of carbonyl (C=O) groups excluding carboxylic acids is 2. The summed E-state index contributed by atoms with van der Waals surface area (Å²) in [5.74, 6) is -0.106. The van der Waals surface area contributed by atoms with Gasteiger partial charge in [0.05, 0.1) is 25.4 Å². The van der Waals surface area contributed by atoms with Crippen LogP contribution in [0.3, 0.4) is 0 Å². The summed E-state index contributed by atoms with van der Waals surface area (Å²) in [4.78, 5) is 24.5. The molecule has 0 aromatic carbocycles. The van der Waals surface area contributed by atoms with Gasteiger partial charge in [0.2, 0.25) is 5.91 Å². The van der Waals surface area contributed by atoms with Gasteiger partial charge in [-0.25, -0.2) is 0 Å². The number of amides is 1. The third kappa shape index (κ3) is 56.7. The number of aliphatic hydroxyl groups excluding tert-OH is 2. The van der Waals surface area contributed by atoms with Crippen LogP contribution in [-0.2, 0) is 14.3 Å². The average Bonchev–Trinajstić information content (AvgIpc) is 3.37. The number of ether oxygens (including phenoxy) is 1. The maximum absolute atomic E-state index is 12.5. The number of nitrogens with one attached hydrogen (secondary N) is 1. The quantitative estimate of drug-likeness (QED) is 0.0244. The number of allylic oxidation sites excluding steroid dienone is 9. The van der Waals surface area contributed by atoms with E-state index in [-0.39, 0.29) is 18.5 Å². The van der Waals surface area contributed by atoms with Gasteiger partial charge in [-0.2, -0.15) is 0 Å². The Morgan fingerprint density at radius 1 is 0.408 bits per heavy atom. The van der Waals surface area contributed by atoms with E-state index in [2.05, 4.69) is 67.8 Å². The Hall–Kier alpha value is -2.44. The van der Waals surface area contributed by atoms with Crippen LogP contribution >= 0.6 is 0 Å². The maximum atomic E-state index is 12.5. The molecule has 414 valence electrons. The summed E-state index contributed by atoms with van der Waals surface area (Å²) in [6.45, 7) is 4.82. The summed E-state index contributed by atoms with van der Waals surface area (Å²) in [5.41, 5.74) is 0. The molecule has 6 nitrogen and oxygen atoms in total. The van der Waals surface area contributed by atoms with Crippen molar-refractivity contribution in [1.29, 1.82) is 0 Å². The molecule has 1 amide bonds. The first kappa shape index (κ1) is 68.6. The molecule has 0 rings (SSSR count). The second-order valence-electron chi connectivity index (χ2n) is 21.1. The summed E-state index contributed by atoms with van der Waals surface area (Å²) < 4.78 is 5.44. The molecule has 0 radical (unpaired) electrons. The molecule has 2 atom stereocenters. The Bertz CT molecular complexity index is 1240. The van der Waals surface area contributed by atoms with Gasteiger partial charge in [0.1, 0.15) is 0 Å². The van der Waals surface area contributed by atoms with Crippen molar-refractivity contribution in [2.75, 3.05) is 13.2 Å². The van der Waals surface area contributed by atoms with Crippen molar-refractivity contribution in [3.05, 3.63) is 60.8 Å². The molecule has 0 aliphatic rings. The van der Waals surface area contributed by atoms with Gasteiger partial charge in [-0.05, 0) is 89.9 Å². The van der Waals surface area contributed by atoms with E-state index < -0.39 is 12.1 Å². The fraction of sp³-hybridized carbons (Fsp3) is 0.815. The summed E-state index contributed by atoms with van der Waals surface area (Å²) in [6, 6.07) is -0.638. The molecule has 0 aromatic heterocycles. The highest BCUT2D eigenvalue weighted by Gasteiger charge is 2.18. The third-order valence-electron chi connectivity index (χ3n) is 14.0. The first-order valence-corrected chi connectivity index (χ1v) is 31.1. The van der Waals surface area contributed by atoms with E-state index in [0.29, 0.717) is 19.4 Å². The Balaban J connectivity index is 3.52. The first-order valence-electron chi connectivity index (χ1n) is 31.1. The van der Waals surface area contributed by atoms with Crippen LogP contribution in [0.1, 0.15) is 316 Å². The molecule has 0 fully saturated rings. The standard InChI is InChI=1S/C65H119NO5/c1-3-5-7-9-11-13-15-17-19-20-21-22-24-27-30-33-37-41-45-49-53-57-63(68)62(61-67)66-64(69)58-54-50-46-42-38-34-31-28-25-23-26-29-32-36-40-44-48-52-56-60-71-65(70)59-55-51-47-43-39-35-18-16-14-12-10-8-6-4-2/h10,12,16,18,29,32,36,40,53,57,62-63,67-68H,3-9,11,13-15,17,19-28,30-31,33-35,37-39,41-52,54-56,58-61H2,1-2H3,(H,66,69)/b12-10-,18-16-,32-29-,40-36-,57-53+. The molecule has 0 saturated carbocycles. The molecular weight excluding hydrogens is 875 g/mol. The highest BCUT2D eigenvalue weighted by atomic mass is 16.5. The van der Waals surface area contributed by atoms with Crippen molar-refractivity contribution in [3.8, 4) is 0 Å². The number of unbranched alkanes of at least 4 members (excludes halogenated alkanes) is 39. The number of carbonyl (C=O) groups is 2. The fourth-order valence-corrected chi connectivity index (χ4v) is 9.23. The van der Waals surface area contributed by atoms with Gasteiger partial charge < -0.3 is 20.3 Å². The van der Waals surface area contributed by atoms with Gasteiger partial charge in [-0.15, -0.1) is 0 Å². The topological polar surface area (TPSA) is 95.9 Å². The summed E-state index contributed by atoms with van der Waals surface area (Å²) in [7, 11) is 0. The van der Waals surface area contributed by atoms with Crippen LogP contribution in [0.25, 0.3) is 0 Å². The van der Waals surface area contributed by atoms with Crippen LogP contribution in [0.5, 0.6) is 0 Å². The molecule has 71 heavy (non-hydrogen) atoms. The second kappa shape index (κ2) is 60.1. The Morgan fingerprint density at radius 3 is 1.20 bits per heavy atom. The Labute approximate surface area is 441 Å². The van der Waals surface area contributed by atoms with Gasteiger partial charge in [0.15, 0.2) is 0 Å². The van der Waals surface area contributed by atoms with E-state index in [0.717, 1.165) is 89.9 Å². The van der Waals surface area contributed by atoms with Crippen LogP contribution in [0, 0.1) is 0 Å². The van der Waals surface area contributed by atoms with Crippen molar-refractivity contribution in [2.45, 2.75) is 328 Å². The van der Waals surface area contributed by atoms with Gasteiger partial charge in [0.25, 0.3) is 0 Å². The molecule has 0 heterocycles. The predicted molar refractivity (Wildman–Crippen MR) is 310 cm³/mol. The number of hydrogen-bond acceptors (Lipinski definition) is 5. The van der Waals surface area contributed by atoms with E-state index >= 15 is 0 Å². The zero-order valence-corrected chi connectivity index (χ0v) is 47.2. The van der Waals surface area contributed by atoms with Crippen molar-refractivity contribution in [1.82, 2.24) is 5.32 Å². The minimum atomic E-state index is -0.854. The highest BCUT2D eigenvalue weighted by molar-refractivity contribution is 5.76. The number of esters is 1. The minimum absolute atomic E-state index is 0.0292. The summed E-state index contributed by atoms with van der Waals surface area (Å²) >= 11 is 0. The second-order valence-corrected chi connectivity index (χ2v) is 21.1. The first-order chi connectivity index (χ1) is 35.0. The van der Waals surface area contributed by atoms with Crippen LogP contribution in [0.2, 0.25) is 0 Å². The SMILES string of the molecule is CCCC/C=C\C/C=C\CCCCCCCC(=O)OCCCCC/C=C\C=C/CCCCCCCCCCCCC(=O)NC(CO)C(O)/C=C/CCCCCCCCCCCCCCCCCCCCC. The molecule has 0 aliphatic carbocycles. The zero-order chi connectivity index (χ0) is 51.4.